The lowest BCUT2D eigenvalue weighted by atomic mass is 10.2. The molecule has 0 unspecified atom stereocenters. The molecule has 116 valence electrons. The number of nitrogens with zero attached hydrogens (tertiary/aromatic N) is 1. The Morgan fingerprint density at radius 1 is 1.22 bits per heavy atom. The molecule has 4 nitrogen and oxygen atoms in total. The van der Waals surface area contributed by atoms with E-state index in [1.54, 1.807) is 43.5 Å². The Labute approximate surface area is 140 Å². The third kappa shape index (κ3) is 3.32. The fourth-order valence-corrected chi connectivity index (χ4v) is 2.59. The van der Waals surface area contributed by atoms with Crippen LogP contribution in [0.1, 0.15) is 11.1 Å². The molecule has 2 aromatic carbocycles. The normalized spacial score (nSPS) is 15.5. The van der Waals surface area contributed by atoms with Crippen LogP contribution < -0.4 is 4.74 Å². The zero-order valence-corrected chi connectivity index (χ0v) is 13.6. The van der Waals surface area contributed by atoms with Gasteiger partial charge in [0.2, 0.25) is 5.90 Å². The second-order valence-electron chi connectivity index (χ2n) is 4.74. The minimum Gasteiger partial charge on any atom is -0.496 e. The van der Waals surface area contributed by atoms with Crippen LogP contribution in [0.4, 0.5) is 4.39 Å². The number of methoxy groups -OCH3 is 1. The van der Waals surface area contributed by atoms with E-state index in [9.17, 15) is 9.18 Å². The topological polar surface area (TPSA) is 47.9 Å². The molecule has 0 spiro atoms. The van der Waals surface area contributed by atoms with Crippen LogP contribution in [0.5, 0.6) is 5.75 Å². The van der Waals surface area contributed by atoms with Gasteiger partial charge in [0.05, 0.1) is 11.6 Å². The molecule has 6 heteroatoms. The summed E-state index contributed by atoms with van der Waals surface area (Å²) in [7, 11) is 1.57. The van der Waals surface area contributed by atoms with Gasteiger partial charge in [-0.15, -0.1) is 0 Å². The number of cyclic esters (lactones) is 1. The first-order chi connectivity index (χ1) is 11.1. The average Bonchev–Trinajstić information content (AvgIpc) is 2.90. The smallest absolute Gasteiger partial charge is 0.363 e. The predicted molar refractivity (Wildman–Crippen MR) is 87.7 cm³/mol. The van der Waals surface area contributed by atoms with Crippen LogP contribution in [0.15, 0.2) is 57.6 Å². The summed E-state index contributed by atoms with van der Waals surface area (Å²) in [5.74, 6) is -0.00264. The van der Waals surface area contributed by atoms with E-state index in [0.29, 0.717) is 16.9 Å². The Morgan fingerprint density at radius 2 is 1.96 bits per heavy atom. The van der Waals surface area contributed by atoms with Crippen molar-refractivity contribution < 1.29 is 18.7 Å². The highest BCUT2D eigenvalue weighted by Gasteiger charge is 2.24. The van der Waals surface area contributed by atoms with E-state index in [-0.39, 0.29) is 17.4 Å². The monoisotopic (exact) mass is 375 g/mol. The Bertz CT molecular complexity index is 828. The summed E-state index contributed by atoms with van der Waals surface area (Å²) in [5, 5.41) is 0. The summed E-state index contributed by atoms with van der Waals surface area (Å²) >= 11 is 3.37. The number of ether oxygens (including phenoxy) is 2. The number of hydrogen-bond donors (Lipinski definition) is 0. The van der Waals surface area contributed by atoms with Crippen LogP contribution in [0, 0.1) is 5.82 Å². The average molecular weight is 376 g/mol. The van der Waals surface area contributed by atoms with Crippen molar-refractivity contribution in [3.63, 3.8) is 0 Å². The van der Waals surface area contributed by atoms with Crippen molar-refractivity contribution in [3.05, 3.63) is 69.6 Å². The van der Waals surface area contributed by atoms with E-state index < -0.39 is 5.97 Å². The third-order valence-electron chi connectivity index (χ3n) is 3.19. The Balaban J connectivity index is 1.92. The molecule has 2 aromatic rings. The summed E-state index contributed by atoms with van der Waals surface area (Å²) in [4.78, 5) is 16.1. The lowest BCUT2D eigenvalue weighted by molar-refractivity contribution is -0.129. The molecule has 0 saturated heterocycles. The molecule has 0 aromatic heterocycles. The van der Waals surface area contributed by atoms with Gasteiger partial charge in [0, 0.05) is 5.56 Å². The first kappa shape index (κ1) is 15.4. The van der Waals surface area contributed by atoms with E-state index in [4.69, 9.17) is 9.47 Å². The van der Waals surface area contributed by atoms with Gasteiger partial charge in [-0.25, -0.2) is 14.2 Å². The fourth-order valence-electron chi connectivity index (χ4n) is 2.05. The highest BCUT2D eigenvalue weighted by molar-refractivity contribution is 9.10. The molecule has 0 radical (unpaired) electrons. The van der Waals surface area contributed by atoms with Gasteiger partial charge in [0.15, 0.2) is 5.70 Å². The lowest BCUT2D eigenvalue weighted by Crippen LogP contribution is -2.05. The van der Waals surface area contributed by atoms with Crippen molar-refractivity contribution in [1.29, 1.82) is 0 Å². The van der Waals surface area contributed by atoms with Gasteiger partial charge in [0.25, 0.3) is 0 Å². The van der Waals surface area contributed by atoms with Crippen molar-refractivity contribution in [2.24, 2.45) is 4.99 Å². The summed E-state index contributed by atoms with van der Waals surface area (Å²) in [6.45, 7) is 0. The van der Waals surface area contributed by atoms with E-state index >= 15 is 0 Å². The van der Waals surface area contributed by atoms with Gasteiger partial charge in [0.1, 0.15) is 11.6 Å². The maximum absolute atomic E-state index is 12.9. The van der Waals surface area contributed by atoms with Crippen LogP contribution in [0.25, 0.3) is 6.08 Å². The van der Waals surface area contributed by atoms with E-state index in [1.165, 1.54) is 12.1 Å². The molecule has 1 heterocycles. The molecular weight excluding hydrogens is 365 g/mol. The van der Waals surface area contributed by atoms with Crippen molar-refractivity contribution in [3.8, 4) is 5.75 Å². The molecule has 0 amide bonds. The maximum Gasteiger partial charge on any atom is 0.363 e. The van der Waals surface area contributed by atoms with Crippen LogP contribution in [0.2, 0.25) is 0 Å². The van der Waals surface area contributed by atoms with Crippen LogP contribution in [0.3, 0.4) is 0 Å². The van der Waals surface area contributed by atoms with E-state index in [2.05, 4.69) is 20.9 Å². The number of halogens is 2. The summed E-state index contributed by atoms with van der Waals surface area (Å²) in [6, 6.07) is 11.0. The number of benzene rings is 2. The first-order valence-electron chi connectivity index (χ1n) is 6.69. The number of aliphatic imine (C=N–C) groups is 1. The predicted octanol–water partition coefficient (Wildman–Crippen LogP) is 3.94. The molecule has 0 atom stereocenters. The van der Waals surface area contributed by atoms with Gasteiger partial charge in [-0.1, -0.05) is 12.1 Å². The van der Waals surface area contributed by atoms with Crippen molar-refractivity contribution in [1.82, 2.24) is 0 Å². The van der Waals surface area contributed by atoms with Crippen molar-refractivity contribution in [2.45, 2.75) is 0 Å². The van der Waals surface area contributed by atoms with Crippen molar-refractivity contribution >= 4 is 33.9 Å². The highest BCUT2D eigenvalue weighted by atomic mass is 79.9. The number of rotatable bonds is 3. The number of carbonyl (C=O) groups excluding carboxylic acids is 1. The number of esters is 1. The molecule has 0 aliphatic carbocycles. The zero-order chi connectivity index (χ0) is 16.4. The van der Waals surface area contributed by atoms with Gasteiger partial charge < -0.3 is 9.47 Å². The first-order valence-corrected chi connectivity index (χ1v) is 7.48. The standard InChI is InChI=1S/C17H11BrFNO3/c1-22-15-7-4-11(9-13(15)18)16-20-14(17(21)23-16)8-10-2-5-12(19)6-3-10/h2-9H,1H3. The minimum absolute atomic E-state index is 0.165. The third-order valence-corrected chi connectivity index (χ3v) is 3.81. The Morgan fingerprint density at radius 3 is 2.61 bits per heavy atom. The molecule has 0 bridgehead atoms. The Hall–Kier alpha value is -2.47. The molecule has 1 aliphatic heterocycles. The molecule has 0 saturated carbocycles. The van der Waals surface area contributed by atoms with Gasteiger partial charge >= 0.3 is 5.97 Å². The van der Waals surface area contributed by atoms with Crippen LogP contribution in [-0.4, -0.2) is 19.0 Å². The minimum atomic E-state index is -0.545. The number of hydrogen-bond acceptors (Lipinski definition) is 4. The molecule has 3 rings (SSSR count). The molecule has 23 heavy (non-hydrogen) atoms. The molecular formula is C17H11BrFNO3. The second kappa shape index (κ2) is 6.34. The van der Waals surface area contributed by atoms with Crippen LogP contribution >= 0.6 is 15.9 Å². The summed E-state index contributed by atoms with van der Waals surface area (Å²) in [5.41, 5.74) is 1.48. The fraction of sp³-hybridized carbons (Fsp3) is 0.0588. The van der Waals surface area contributed by atoms with Gasteiger partial charge in [-0.2, -0.15) is 0 Å². The highest BCUT2D eigenvalue weighted by Crippen LogP contribution is 2.27. The largest absolute Gasteiger partial charge is 0.496 e. The van der Waals surface area contributed by atoms with Crippen molar-refractivity contribution in [2.75, 3.05) is 7.11 Å². The quantitative estimate of drug-likeness (QED) is 0.602. The number of carbonyl (C=O) groups is 1. The van der Waals surface area contributed by atoms with Gasteiger partial charge in [-0.3, -0.25) is 0 Å². The SMILES string of the molecule is COc1ccc(C2=NC(=Cc3ccc(F)cc3)C(=O)O2)cc1Br. The summed E-state index contributed by atoms with van der Waals surface area (Å²) < 4.78 is 24.0. The Kier molecular flexibility index (Phi) is 4.25. The maximum atomic E-state index is 12.9. The van der Waals surface area contributed by atoms with Gasteiger partial charge in [-0.05, 0) is 57.9 Å². The lowest BCUT2D eigenvalue weighted by Gasteiger charge is -2.05. The van der Waals surface area contributed by atoms with E-state index in [1.807, 2.05) is 0 Å². The molecule has 0 N–H and O–H groups in total. The zero-order valence-electron chi connectivity index (χ0n) is 12.0. The molecule has 0 fully saturated rings. The second-order valence-corrected chi connectivity index (χ2v) is 5.59. The van der Waals surface area contributed by atoms with E-state index in [0.717, 1.165) is 4.47 Å². The molecule has 1 aliphatic rings. The summed E-state index contributed by atoms with van der Waals surface area (Å²) in [6.07, 6.45) is 1.55. The van der Waals surface area contributed by atoms with Crippen LogP contribution in [-0.2, 0) is 9.53 Å².